The third kappa shape index (κ3) is 5.58. The molecule has 184 valence electrons. The van der Waals surface area contributed by atoms with Crippen molar-refractivity contribution in [1.29, 1.82) is 0 Å². The highest BCUT2D eigenvalue weighted by Gasteiger charge is 2.36. The third-order valence-corrected chi connectivity index (χ3v) is 5.66. The van der Waals surface area contributed by atoms with E-state index in [2.05, 4.69) is 23.5 Å². The number of imide groups is 2. The quantitative estimate of drug-likeness (QED) is 0.334. The number of ether oxygens (including phenoxy) is 2. The van der Waals surface area contributed by atoms with E-state index in [1.807, 2.05) is 20.8 Å². The minimum absolute atomic E-state index is 0.194. The summed E-state index contributed by atoms with van der Waals surface area (Å²) in [6, 6.07) is 16.8. The van der Waals surface area contributed by atoms with E-state index in [-0.39, 0.29) is 11.3 Å². The number of nitrogens with zero attached hydrogens (tertiary/aromatic N) is 1. The molecule has 1 heterocycles. The Balaban J connectivity index is 1.61. The molecule has 8 heteroatoms. The van der Waals surface area contributed by atoms with Crippen molar-refractivity contribution in [3.8, 4) is 11.5 Å². The highest BCUT2D eigenvalue weighted by molar-refractivity contribution is 6.39. The number of carbonyl (C=O) groups excluding carboxylic acids is 3. The molecule has 36 heavy (non-hydrogen) atoms. The van der Waals surface area contributed by atoms with Gasteiger partial charge in [0.1, 0.15) is 12.2 Å². The molecule has 1 saturated heterocycles. The molecule has 0 radical (unpaired) electrons. The van der Waals surface area contributed by atoms with Gasteiger partial charge in [0.15, 0.2) is 11.5 Å². The first-order valence-electron chi connectivity index (χ1n) is 11.4. The number of hydrogen-bond acceptors (Lipinski definition) is 5. The average Bonchev–Trinajstić information content (AvgIpc) is 2.81. The fraction of sp³-hybridized carbons (Fsp3) is 0.179. The fourth-order valence-corrected chi connectivity index (χ4v) is 4.17. The van der Waals surface area contributed by atoms with Gasteiger partial charge in [0.25, 0.3) is 11.8 Å². The zero-order valence-electron chi connectivity index (χ0n) is 20.1. The number of rotatable bonds is 7. The number of carbonyl (C=O) groups is 3. The highest BCUT2D eigenvalue weighted by Crippen LogP contribution is 2.31. The van der Waals surface area contributed by atoms with Crippen LogP contribution in [0.4, 0.5) is 10.5 Å². The van der Waals surface area contributed by atoms with Gasteiger partial charge in [0, 0.05) is 5.02 Å². The lowest BCUT2D eigenvalue weighted by molar-refractivity contribution is -0.122. The Kier molecular flexibility index (Phi) is 7.41. The van der Waals surface area contributed by atoms with Gasteiger partial charge < -0.3 is 9.47 Å². The molecule has 3 aromatic rings. The monoisotopic (exact) mass is 504 g/mol. The average molecular weight is 505 g/mol. The van der Waals surface area contributed by atoms with Crippen LogP contribution in [0.5, 0.6) is 11.5 Å². The molecule has 0 aromatic heterocycles. The number of hydrogen-bond donors (Lipinski definition) is 1. The van der Waals surface area contributed by atoms with Crippen LogP contribution in [0.1, 0.15) is 29.2 Å². The Morgan fingerprint density at radius 3 is 2.36 bits per heavy atom. The predicted molar refractivity (Wildman–Crippen MR) is 138 cm³/mol. The minimum Gasteiger partial charge on any atom is -0.490 e. The molecule has 1 fully saturated rings. The standard InChI is InChI=1S/C28H25ClN2O5/c1-4-35-25-14-19(8-9-24(25)36-16-20-11-17(2)10-18(3)12-20)13-23-26(32)30-28(34)31(27(23)33)22-7-5-6-21(29)15-22/h5-15H,4,16H2,1-3H3,(H,30,32,34)/b23-13+. The summed E-state index contributed by atoms with van der Waals surface area (Å²) in [6.45, 7) is 6.69. The first-order chi connectivity index (χ1) is 17.2. The van der Waals surface area contributed by atoms with Gasteiger partial charge >= 0.3 is 6.03 Å². The summed E-state index contributed by atoms with van der Waals surface area (Å²) in [7, 11) is 0. The lowest BCUT2D eigenvalue weighted by atomic mass is 10.1. The zero-order valence-corrected chi connectivity index (χ0v) is 20.9. The normalized spacial score (nSPS) is 14.7. The molecule has 3 aromatic carbocycles. The highest BCUT2D eigenvalue weighted by atomic mass is 35.5. The van der Waals surface area contributed by atoms with E-state index in [0.29, 0.717) is 35.3 Å². The van der Waals surface area contributed by atoms with E-state index < -0.39 is 17.8 Å². The number of urea groups is 1. The summed E-state index contributed by atoms with van der Waals surface area (Å²) < 4.78 is 11.8. The summed E-state index contributed by atoms with van der Waals surface area (Å²) in [5, 5.41) is 2.56. The number of amides is 4. The van der Waals surface area contributed by atoms with Gasteiger partial charge in [-0.25, -0.2) is 9.69 Å². The molecule has 0 aliphatic carbocycles. The summed E-state index contributed by atoms with van der Waals surface area (Å²) in [4.78, 5) is 38.9. The number of nitrogens with one attached hydrogen (secondary N) is 1. The Hall–Kier alpha value is -4.10. The molecule has 0 bridgehead atoms. The molecule has 1 N–H and O–H groups in total. The molecule has 0 atom stereocenters. The van der Waals surface area contributed by atoms with Gasteiger partial charge in [-0.1, -0.05) is 53.1 Å². The van der Waals surface area contributed by atoms with Crippen molar-refractivity contribution in [1.82, 2.24) is 5.32 Å². The van der Waals surface area contributed by atoms with Crippen LogP contribution in [0.3, 0.4) is 0 Å². The minimum atomic E-state index is -0.838. The zero-order chi connectivity index (χ0) is 25.8. The molecule has 0 saturated carbocycles. The Morgan fingerprint density at radius 2 is 1.67 bits per heavy atom. The lowest BCUT2D eigenvalue weighted by Crippen LogP contribution is -2.54. The second kappa shape index (κ2) is 10.7. The second-order valence-electron chi connectivity index (χ2n) is 8.36. The van der Waals surface area contributed by atoms with E-state index in [0.717, 1.165) is 21.6 Å². The molecule has 4 rings (SSSR count). The first-order valence-corrected chi connectivity index (χ1v) is 11.8. The van der Waals surface area contributed by atoms with Crippen molar-refractivity contribution >= 4 is 41.2 Å². The molecule has 4 amide bonds. The third-order valence-electron chi connectivity index (χ3n) is 5.42. The summed E-state index contributed by atoms with van der Waals surface area (Å²) in [6.07, 6.45) is 1.41. The van der Waals surface area contributed by atoms with Gasteiger partial charge in [0.2, 0.25) is 0 Å². The summed E-state index contributed by atoms with van der Waals surface area (Å²) >= 11 is 6.02. The predicted octanol–water partition coefficient (Wildman–Crippen LogP) is 5.60. The van der Waals surface area contributed by atoms with Crippen molar-refractivity contribution in [2.45, 2.75) is 27.4 Å². The van der Waals surface area contributed by atoms with E-state index >= 15 is 0 Å². The second-order valence-corrected chi connectivity index (χ2v) is 8.80. The SMILES string of the molecule is CCOc1cc(/C=C2\C(=O)NC(=O)N(c3cccc(Cl)c3)C2=O)ccc1OCc1cc(C)cc(C)c1. The van der Waals surface area contributed by atoms with E-state index in [9.17, 15) is 14.4 Å². The van der Waals surface area contributed by atoms with Crippen LogP contribution in [0.2, 0.25) is 5.02 Å². The van der Waals surface area contributed by atoms with Crippen molar-refractivity contribution in [3.05, 3.63) is 93.5 Å². The van der Waals surface area contributed by atoms with Crippen LogP contribution in [0.25, 0.3) is 6.08 Å². The van der Waals surface area contributed by atoms with Crippen LogP contribution >= 0.6 is 11.6 Å². The number of barbiturate groups is 1. The first kappa shape index (κ1) is 25.0. The fourth-order valence-electron chi connectivity index (χ4n) is 3.99. The van der Waals surface area contributed by atoms with Crippen LogP contribution in [0, 0.1) is 13.8 Å². The van der Waals surface area contributed by atoms with E-state index in [1.165, 1.54) is 12.1 Å². The molecule has 7 nitrogen and oxygen atoms in total. The van der Waals surface area contributed by atoms with Gasteiger partial charge in [-0.15, -0.1) is 0 Å². The van der Waals surface area contributed by atoms with Gasteiger partial charge in [-0.05, 0) is 68.3 Å². The Labute approximate surface area is 214 Å². The maximum atomic E-state index is 13.1. The summed E-state index contributed by atoms with van der Waals surface area (Å²) in [5.41, 5.74) is 3.95. The molecule has 1 aliphatic heterocycles. The van der Waals surface area contributed by atoms with Crippen molar-refractivity contribution < 1.29 is 23.9 Å². The largest absolute Gasteiger partial charge is 0.490 e. The topological polar surface area (TPSA) is 84.9 Å². The Bertz CT molecular complexity index is 1360. The lowest BCUT2D eigenvalue weighted by Gasteiger charge is -2.26. The van der Waals surface area contributed by atoms with Crippen LogP contribution in [-0.4, -0.2) is 24.5 Å². The van der Waals surface area contributed by atoms with Gasteiger partial charge in [0.05, 0.1) is 12.3 Å². The van der Waals surface area contributed by atoms with Crippen LogP contribution in [0.15, 0.2) is 66.2 Å². The number of halogens is 1. The number of aryl methyl sites for hydroxylation is 2. The number of anilines is 1. The van der Waals surface area contributed by atoms with Crippen LogP contribution < -0.4 is 19.7 Å². The maximum absolute atomic E-state index is 13.1. The molecular formula is C28H25ClN2O5. The van der Waals surface area contributed by atoms with Crippen molar-refractivity contribution in [2.24, 2.45) is 0 Å². The molecule has 1 aliphatic rings. The summed E-state index contributed by atoms with van der Waals surface area (Å²) in [5.74, 6) is -0.522. The molecule has 0 spiro atoms. The maximum Gasteiger partial charge on any atom is 0.335 e. The van der Waals surface area contributed by atoms with Gasteiger partial charge in [-0.3, -0.25) is 14.9 Å². The smallest absolute Gasteiger partial charge is 0.335 e. The van der Waals surface area contributed by atoms with Gasteiger partial charge in [-0.2, -0.15) is 0 Å². The number of benzene rings is 3. The van der Waals surface area contributed by atoms with Crippen molar-refractivity contribution in [2.75, 3.05) is 11.5 Å². The van der Waals surface area contributed by atoms with Crippen molar-refractivity contribution in [3.63, 3.8) is 0 Å². The molecular weight excluding hydrogens is 480 g/mol. The van der Waals surface area contributed by atoms with E-state index in [1.54, 1.807) is 36.4 Å². The van der Waals surface area contributed by atoms with E-state index in [4.69, 9.17) is 21.1 Å². The Morgan fingerprint density at radius 1 is 0.917 bits per heavy atom. The molecule has 0 unspecified atom stereocenters. The van der Waals surface area contributed by atoms with Crippen LogP contribution in [-0.2, 0) is 16.2 Å².